The molecule has 8 heteroatoms. The minimum Gasteiger partial charge on any atom is -0.372 e. The number of amides is 1. The summed E-state index contributed by atoms with van der Waals surface area (Å²) in [6.07, 6.45) is 0. The Kier molecular flexibility index (Phi) is 6.19. The molecule has 1 N–H and O–H groups in total. The molecule has 1 amide bonds. The van der Waals surface area contributed by atoms with Crippen LogP contribution in [0.4, 0.5) is 17.1 Å². The Morgan fingerprint density at radius 2 is 1.79 bits per heavy atom. The van der Waals surface area contributed by atoms with Crippen LogP contribution in [0.1, 0.15) is 15.9 Å². The fraction of sp³-hybridized carbons (Fsp3) is 0.120. The molecule has 0 unspecified atom stereocenters. The first-order valence-corrected chi connectivity index (χ1v) is 11.1. The lowest BCUT2D eigenvalue weighted by molar-refractivity contribution is -0.384. The van der Waals surface area contributed by atoms with Gasteiger partial charge in [-0.25, -0.2) is 4.98 Å². The zero-order valence-corrected chi connectivity index (χ0v) is 19.2. The van der Waals surface area contributed by atoms with Gasteiger partial charge in [-0.05, 0) is 36.8 Å². The first-order valence-electron chi connectivity index (χ1n) is 10.2. The number of thiazole rings is 1. The van der Waals surface area contributed by atoms with Crippen LogP contribution in [0.5, 0.6) is 0 Å². The van der Waals surface area contributed by atoms with E-state index in [1.807, 2.05) is 29.6 Å². The third-order valence-electron chi connectivity index (χ3n) is 5.23. The van der Waals surface area contributed by atoms with Crippen molar-refractivity contribution in [3.8, 4) is 21.8 Å². The monoisotopic (exact) mass is 458 g/mol. The maximum Gasteiger partial charge on any atom is 0.293 e. The molecule has 0 atom stereocenters. The summed E-state index contributed by atoms with van der Waals surface area (Å²) in [4.78, 5) is 30.0. The molecule has 0 aliphatic heterocycles. The zero-order chi connectivity index (χ0) is 23.5. The molecule has 4 aromatic rings. The van der Waals surface area contributed by atoms with Crippen LogP contribution in [-0.4, -0.2) is 29.9 Å². The molecule has 0 aliphatic rings. The minimum absolute atomic E-state index is 0.115. The Balaban J connectivity index is 1.51. The number of benzene rings is 3. The molecule has 0 radical (unpaired) electrons. The normalized spacial score (nSPS) is 10.6. The predicted molar refractivity (Wildman–Crippen MR) is 133 cm³/mol. The highest BCUT2D eigenvalue weighted by Gasteiger charge is 2.19. The molecule has 4 rings (SSSR count). The highest BCUT2D eigenvalue weighted by atomic mass is 32.1. The van der Waals surface area contributed by atoms with Crippen LogP contribution >= 0.6 is 11.3 Å². The third kappa shape index (κ3) is 4.75. The first kappa shape index (κ1) is 22.2. The fourth-order valence-corrected chi connectivity index (χ4v) is 4.38. The number of hydrogen-bond donors (Lipinski definition) is 1. The van der Waals surface area contributed by atoms with Crippen LogP contribution in [0.3, 0.4) is 0 Å². The summed E-state index contributed by atoms with van der Waals surface area (Å²) < 4.78 is 0. The number of carbonyl (C=O) groups excluding carboxylic acids is 1. The highest BCUT2D eigenvalue weighted by molar-refractivity contribution is 7.13. The van der Waals surface area contributed by atoms with Crippen LogP contribution in [0.2, 0.25) is 0 Å². The van der Waals surface area contributed by atoms with Crippen molar-refractivity contribution in [2.75, 3.05) is 24.3 Å². The molecule has 1 heterocycles. The van der Waals surface area contributed by atoms with Crippen molar-refractivity contribution in [3.63, 3.8) is 0 Å². The van der Waals surface area contributed by atoms with Gasteiger partial charge in [0.15, 0.2) is 0 Å². The van der Waals surface area contributed by atoms with E-state index in [0.717, 1.165) is 21.8 Å². The standard InChI is InChI=1S/C25H22N4O3S/c1-16-6-4-5-7-20(16)25-27-21(15-33-25)17-8-11-19(12-9-17)26-24(30)18-10-13-22(28(2)3)23(14-18)29(31)32/h4-15H,1-3H3,(H,26,30). The van der Waals surface area contributed by atoms with Crippen molar-refractivity contribution in [3.05, 3.63) is 93.4 Å². The SMILES string of the molecule is Cc1ccccc1-c1nc(-c2ccc(NC(=O)c3ccc(N(C)C)c([N+](=O)[O-])c3)cc2)cs1. The van der Waals surface area contributed by atoms with E-state index in [-0.39, 0.29) is 11.3 Å². The number of nitro groups is 1. The van der Waals surface area contributed by atoms with Crippen LogP contribution in [0.25, 0.3) is 21.8 Å². The van der Waals surface area contributed by atoms with Gasteiger partial charge in [0.05, 0.1) is 10.6 Å². The van der Waals surface area contributed by atoms with Gasteiger partial charge < -0.3 is 10.2 Å². The van der Waals surface area contributed by atoms with E-state index in [2.05, 4.69) is 24.4 Å². The smallest absolute Gasteiger partial charge is 0.293 e. The molecule has 0 fully saturated rings. The summed E-state index contributed by atoms with van der Waals surface area (Å²) in [5, 5.41) is 17.2. The van der Waals surface area contributed by atoms with Crippen LogP contribution in [0, 0.1) is 17.0 Å². The lowest BCUT2D eigenvalue weighted by Crippen LogP contribution is -2.15. The Labute approximate surface area is 195 Å². The molecular weight excluding hydrogens is 436 g/mol. The second-order valence-electron chi connectivity index (χ2n) is 7.74. The van der Waals surface area contributed by atoms with E-state index in [0.29, 0.717) is 11.4 Å². The van der Waals surface area contributed by atoms with E-state index in [1.165, 1.54) is 11.6 Å². The largest absolute Gasteiger partial charge is 0.372 e. The number of anilines is 2. The number of hydrogen-bond acceptors (Lipinski definition) is 6. The topological polar surface area (TPSA) is 88.4 Å². The van der Waals surface area contributed by atoms with E-state index in [4.69, 9.17) is 4.98 Å². The zero-order valence-electron chi connectivity index (χ0n) is 18.4. The van der Waals surface area contributed by atoms with Crippen molar-refractivity contribution < 1.29 is 9.72 Å². The van der Waals surface area contributed by atoms with E-state index < -0.39 is 10.8 Å². The summed E-state index contributed by atoms with van der Waals surface area (Å²) in [5.74, 6) is -0.411. The van der Waals surface area contributed by atoms with Crippen LogP contribution in [-0.2, 0) is 0 Å². The Morgan fingerprint density at radius 3 is 2.45 bits per heavy atom. The van der Waals surface area contributed by atoms with Gasteiger partial charge in [0.25, 0.3) is 11.6 Å². The second kappa shape index (κ2) is 9.22. The van der Waals surface area contributed by atoms with E-state index in [1.54, 1.807) is 54.6 Å². The van der Waals surface area contributed by atoms with Gasteiger partial charge in [0.1, 0.15) is 10.7 Å². The van der Waals surface area contributed by atoms with Gasteiger partial charge in [0, 0.05) is 47.9 Å². The summed E-state index contributed by atoms with van der Waals surface area (Å²) in [7, 11) is 3.44. The molecule has 1 aromatic heterocycles. The van der Waals surface area contributed by atoms with Gasteiger partial charge >= 0.3 is 0 Å². The predicted octanol–water partition coefficient (Wildman–Crippen LogP) is 6.01. The average Bonchev–Trinajstić information content (AvgIpc) is 3.29. The first-order chi connectivity index (χ1) is 15.8. The molecule has 0 spiro atoms. The molecule has 0 saturated heterocycles. The third-order valence-corrected chi connectivity index (χ3v) is 6.11. The summed E-state index contributed by atoms with van der Waals surface area (Å²) in [6.45, 7) is 2.07. The molecule has 166 valence electrons. The van der Waals surface area contributed by atoms with Crippen molar-refractivity contribution in [1.82, 2.24) is 4.98 Å². The Hall–Kier alpha value is -4.04. The van der Waals surface area contributed by atoms with E-state index in [9.17, 15) is 14.9 Å². The second-order valence-corrected chi connectivity index (χ2v) is 8.60. The number of aryl methyl sites for hydroxylation is 1. The van der Waals surface area contributed by atoms with Crippen LogP contribution < -0.4 is 10.2 Å². The van der Waals surface area contributed by atoms with Crippen molar-refractivity contribution in [1.29, 1.82) is 0 Å². The van der Waals surface area contributed by atoms with Gasteiger partial charge in [-0.3, -0.25) is 14.9 Å². The molecule has 33 heavy (non-hydrogen) atoms. The van der Waals surface area contributed by atoms with Crippen molar-refractivity contribution in [2.45, 2.75) is 6.92 Å². The molecule has 0 bridgehead atoms. The molecule has 0 saturated carbocycles. The fourth-order valence-electron chi connectivity index (χ4n) is 3.46. The number of nitrogens with one attached hydrogen (secondary N) is 1. The average molecular weight is 459 g/mol. The Bertz CT molecular complexity index is 1330. The lowest BCUT2D eigenvalue weighted by atomic mass is 10.1. The summed E-state index contributed by atoms with van der Waals surface area (Å²) >= 11 is 1.59. The lowest BCUT2D eigenvalue weighted by Gasteiger charge is -2.13. The number of nitro benzene ring substituents is 1. The van der Waals surface area contributed by atoms with Crippen molar-refractivity contribution >= 4 is 34.3 Å². The highest BCUT2D eigenvalue weighted by Crippen LogP contribution is 2.31. The van der Waals surface area contributed by atoms with E-state index >= 15 is 0 Å². The molecule has 3 aromatic carbocycles. The maximum absolute atomic E-state index is 12.7. The number of rotatable bonds is 6. The quantitative estimate of drug-likeness (QED) is 0.282. The molecular formula is C25H22N4O3S. The summed E-state index contributed by atoms with van der Waals surface area (Å²) in [5.41, 5.74) is 5.24. The maximum atomic E-state index is 12.7. The van der Waals surface area contributed by atoms with Gasteiger partial charge in [-0.1, -0.05) is 36.4 Å². The van der Waals surface area contributed by atoms with Crippen molar-refractivity contribution in [2.24, 2.45) is 0 Å². The molecule has 0 aliphatic carbocycles. The van der Waals surface area contributed by atoms with Gasteiger partial charge in [0.2, 0.25) is 0 Å². The van der Waals surface area contributed by atoms with Crippen LogP contribution in [0.15, 0.2) is 72.1 Å². The number of nitrogens with zero attached hydrogens (tertiary/aromatic N) is 3. The van der Waals surface area contributed by atoms with Gasteiger partial charge in [-0.2, -0.15) is 0 Å². The number of aromatic nitrogens is 1. The molecule has 7 nitrogen and oxygen atoms in total. The van der Waals surface area contributed by atoms with Gasteiger partial charge in [-0.15, -0.1) is 11.3 Å². The Morgan fingerprint density at radius 1 is 1.06 bits per heavy atom. The minimum atomic E-state index is -0.486. The number of carbonyl (C=O) groups is 1. The summed E-state index contributed by atoms with van der Waals surface area (Å²) in [6, 6.07) is 20.0.